The van der Waals surface area contributed by atoms with Crippen molar-refractivity contribution in [3.63, 3.8) is 0 Å². The molecule has 0 spiro atoms. The molecule has 0 rings (SSSR count). The highest BCUT2D eigenvalue weighted by molar-refractivity contribution is 7.46. The minimum Gasteiger partial charge on any atom is -0.395 e. The Hall–Kier alpha value is -0.230. The molecule has 25 heavy (non-hydrogen) atoms. The summed E-state index contributed by atoms with van der Waals surface area (Å²) in [7, 11) is -4.62. The van der Waals surface area contributed by atoms with Gasteiger partial charge in [-0.15, -0.1) is 0 Å². The number of aliphatic hydroxyl groups excluding tert-OH is 1. The van der Waals surface area contributed by atoms with Crippen LogP contribution in [0.5, 0.6) is 0 Å². The first-order valence-corrected chi connectivity index (χ1v) is 11.2. The highest BCUT2D eigenvalue weighted by Gasteiger charge is 2.24. The molecule has 0 saturated carbocycles. The second-order valence-electron chi connectivity index (χ2n) is 6.66. The van der Waals surface area contributed by atoms with Crippen LogP contribution in [0.15, 0.2) is 12.2 Å². The van der Waals surface area contributed by atoms with E-state index < -0.39 is 26.6 Å². The van der Waals surface area contributed by atoms with E-state index in [4.69, 9.17) is 20.6 Å². The van der Waals surface area contributed by atoms with E-state index in [9.17, 15) is 4.57 Å². The summed E-state index contributed by atoms with van der Waals surface area (Å²) in [5.41, 5.74) is 5.60. The van der Waals surface area contributed by atoms with Crippen molar-refractivity contribution in [2.24, 2.45) is 5.73 Å². The van der Waals surface area contributed by atoms with Crippen molar-refractivity contribution in [2.75, 3.05) is 6.61 Å². The maximum absolute atomic E-state index is 10.9. The van der Waals surface area contributed by atoms with Crippen molar-refractivity contribution in [3.8, 4) is 0 Å². The second kappa shape index (κ2) is 16.0. The normalized spacial score (nSPS) is 14.9. The number of aliphatic hydroxyl groups is 1. The number of hydrogen-bond acceptors (Lipinski definition) is 4. The van der Waals surface area contributed by atoms with Gasteiger partial charge in [-0.1, -0.05) is 83.3 Å². The molecular formula is C18H38NO5P. The van der Waals surface area contributed by atoms with Crippen molar-refractivity contribution in [1.29, 1.82) is 0 Å². The molecule has 6 nitrogen and oxygen atoms in total. The van der Waals surface area contributed by atoms with E-state index in [0.29, 0.717) is 0 Å². The molecule has 0 aliphatic heterocycles. The van der Waals surface area contributed by atoms with Crippen molar-refractivity contribution in [3.05, 3.63) is 12.2 Å². The summed E-state index contributed by atoms with van der Waals surface area (Å²) >= 11 is 0. The van der Waals surface area contributed by atoms with Gasteiger partial charge in [-0.25, -0.2) is 4.57 Å². The summed E-state index contributed by atoms with van der Waals surface area (Å²) in [4.78, 5) is 17.7. The van der Waals surface area contributed by atoms with Gasteiger partial charge >= 0.3 is 7.82 Å². The topological polar surface area (TPSA) is 113 Å². The molecule has 150 valence electrons. The maximum Gasteiger partial charge on any atom is 0.470 e. The van der Waals surface area contributed by atoms with Crippen LogP contribution in [0.2, 0.25) is 0 Å². The Bertz CT molecular complexity index is 372. The van der Waals surface area contributed by atoms with Gasteiger partial charge in [0.05, 0.1) is 12.6 Å². The van der Waals surface area contributed by atoms with E-state index in [2.05, 4.69) is 11.4 Å². The maximum atomic E-state index is 10.9. The Kier molecular flexibility index (Phi) is 15.8. The number of phosphoric acid groups is 1. The lowest BCUT2D eigenvalue weighted by atomic mass is 10.0. The molecule has 0 heterocycles. The average Bonchev–Trinajstić information content (AvgIpc) is 2.56. The summed E-state index contributed by atoms with van der Waals surface area (Å²) in [6.45, 7) is 1.84. The smallest absolute Gasteiger partial charge is 0.395 e. The van der Waals surface area contributed by atoms with Crippen LogP contribution in [0.3, 0.4) is 0 Å². The lowest BCUT2D eigenvalue weighted by Gasteiger charge is -2.19. The number of phosphoric ester groups is 1. The van der Waals surface area contributed by atoms with Gasteiger partial charge in [0, 0.05) is 0 Å². The Morgan fingerprint density at radius 2 is 1.44 bits per heavy atom. The van der Waals surface area contributed by atoms with Gasteiger partial charge in [-0.05, 0) is 12.8 Å². The molecule has 2 atom stereocenters. The third kappa shape index (κ3) is 17.0. The highest BCUT2D eigenvalue weighted by Crippen LogP contribution is 2.38. The summed E-state index contributed by atoms with van der Waals surface area (Å²) in [6, 6.07) is -0.846. The van der Waals surface area contributed by atoms with Crippen molar-refractivity contribution in [1.82, 2.24) is 0 Å². The second-order valence-corrected chi connectivity index (χ2v) is 7.85. The fourth-order valence-corrected chi connectivity index (χ4v) is 3.22. The van der Waals surface area contributed by atoms with Crippen LogP contribution >= 0.6 is 7.82 Å². The molecule has 0 aromatic heterocycles. The monoisotopic (exact) mass is 379 g/mol. The minimum atomic E-state index is -4.62. The van der Waals surface area contributed by atoms with Crippen LogP contribution in [0, 0.1) is 0 Å². The lowest BCUT2D eigenvalue weighted by Crippen LogP contribution is -2.38. The third-order valence-electron chi connectivity index (χ3n) is 4.19. The van der Waals surface area contributed by atoms with Gasteiger partial charge in [0.25, 0.3) is 0 Å². The van der Waals surface area contributed by atoms with Crippen molar-refractivity contribution in [2.45, 2.75) is 96.1 Å². The van der Waals surface area contributed by atoms with E-state index >= 15 is 0 Å². The van der Waals surface area contributed by atoms with Gasteiger partial charge in [0.1, 0.15) is 6.10 Å². The van der Waals surface area contributed by atoms with Crippen LogP contribution in [-0.4, -0.2) is 33.6 Å². The summed E-state index contributed by atoms with van der Waals surface area (Å²) in [6.07, 6.45) is 17.3. The van der Waals surface area contributed by atoms with Crippen molar-refractivity contribution < 1.29 is 24.0 Å². The molecule has 0 radical (unpaired) electrons. The Labute approximate surface area is 153 Å². The molecule has 5 N–H and O–H groups in total. The number of rotatable bonds is 17. The van der Waals surface area contributed by atoms with Crippen LogP contribution in [0.1, 0.15) is 84.0 Å². The van der Waals surface area contributed by atoms with Crippen LogP contribution < -0.4 is 5.73 Å². The van der Waals surface area contributed by atoms with Gasteiger partial charge in [0.15, 0.2) is 0 Å². The largest absolute Gasteiger partial charge is 0.470 e. The van der Waals surface area contributed by atoms with E-state index in [1.54, 1.807) is 0 Å². The molecule has 0 bridgehead atoms. The van der Waals surface area contributed by atoms with E-state index in [0.717, 1.165) is 19.3 Å². The number of allylic oxidation sites excluding steroid dienone is 1. The number of unbranched alkanes of at least 4 members (excludes halogenated alkanes) is 11. The first-order chi connectivity index (χ1) is 11.9. The summed E-state index contributed by atoms with van der Waals surface area (Å²) < 4.78 is 15.5. The Morgan fingerprint density at radius 3 is 1.88 bits per heavy atom. The molecule has 0 unspecified atom stereocenters. The van der Waals surface area contributed by atoms with Gasteiger partial charge < -0.3 is 20.6 Å². The highest BCUT2D eigenvalue weighted by atomic mass is 31.2. The van der Waals surface area contributed by atoms with Crippen LogP contribution in [0.4, 0.5) is 0 Å². The molecule has 0 aromatic rings. The molecule has 0 amide bonds. The number of nitrogens with two attached hydrogens (primary N) is 1. The van der Waals surface area contributed by atoms with E-state index in [1.807, 2.05) is 6.08 Å². The van der Waals surface area contributed by atoms with Gasteiger partial charge in [0.2, 0.25) is 0 Å². The zero-order valence-electron chi connectivity index (χ0n) is 15.7. The quantitative estimate of drug-likeness (QED) is 0.172. The molecule has 7 heteroatoms. The van der Waals surface area contributed by atoms with Gasteiger partial charge in [-0.3, -0.25) is 4.52 Å². The fraction of sp³-hybridized carbons (Fsp3) is 0.889. The first kappa shape index (κ1) is 24.8. The standard InChI is InChI=1S/C18H38NO5P/c1-2-3-4-5-6-7-8-9-10-11-12-13-14-15-18(17(19)16-20)24-25(21,22)23/h14-15,17-18,20H,2-13,16,19H2,1H3,(H2,21,22,23)/b15-14+/t17-,18+/m0/s1. The lowest BCUT2D eigenvalue weighted by molar-refractivity contribution is 0.119. The molecule has 0 aliphatic rings. The Morgan fingerprint density at radius 1 is 0.960 bits per heavy atom. The molecule has 0 fully saturated rings. The summed E-state index contributed by atoms with van der Waals surface area (Å²) in [5, 5.41) is 9.01. The van der Waals surface area contributed by atoms with E-state index in [-0.39, 0.29) is 0 Å². The predicted molar refractivity (Wildman–Crippen MR) is 102 cm³/mol. The summed E-state index contributed by atoms with van der Waals surface area (Å²) in [5.74, 6) is 0. The number of hydrogen-bond donors (Lipinski definition) is 4. The molecule has 0 aromatic carbocycles. The molecular weight excluding hydrogens is 341 g/mol. The van der Waals surface area contributed by atoms with Gasteiger partial charge in [-0.2, -0.15) is 0 Å². The molecule has 0 aliphatic carbocycles. The average molecular weight is 379 g/mol. The zero-order chi connectivity index (χ0) is 19.0. The first-order valence-electron chi connectivity index (χ1n) is 9.67. The fourth-order valence-electron chi connectivity index (χ4n) is 2.68. The van der Waals surface area contributed by atoms with Crippen LogP contribution in [-0.2, 0) is 9.09 Å². The van der Waals surface area contributed by atoms with Crippen LogP contribution in [0.25, 0.3) is 0 Å². The minimum absolute atomic E-state index is 0.395. The third-order valence-corrected chi connectivity index (χ3v) is 4.71. The predicted octanol–water partition coefficient (Wildman–Crippen LogP) is 4.04. The Balaban J connectivity index is 3.67. The molecule has 0 saturated heterocycles. The van der Waals surface area contributed by atoms with E-state index in [1.165, 1.54) is 63.9 Å². The van der Waals surface area contributed by atoms with Crippen molar-refractivity contribution >= 4 is 7.82 Å². The zero-order valence-corrected chi connectivity index (χ0v) is 16.6. The SMILES string of the molecule is CCCCCCCCCCCCC/C=C/[C@@H](OP(=O)(O)O)[C@@H](N)CO.